The van der Waals surface area contributed by atoms with Gasteiger partial charge < -0.3 is 15.3 Å². The first-order valence-electron chi connectivity index (χ1n) is 6.97. The van der Waals surface area contributed by atoms with Crippen LogP contribution in [0.15, 0.2) is 35.8 Å². The van der Waals surface area contributed by atoms with Crippen molar-refractivity contribution in [1.29, 1.82) is 0 Å². The quantitative estimate of drug-likeness (QED) is 0.908. The van der Waals surface area contributed by atoms with Crippen LogP contribution in [0.4, 0.5) is 16.5 Å². The van der Waals surface area contributed by atoms with Crippen LogP contribution in [0.1, 0.15) is 12.8 Å². The minimum absolute atomic E-state index is 0.188. The lowest BCUT2D eigenvalue weighted by molar-refractivity contribution is -0.142. The average molecular weight is 303 g/mol. The van der Waals surface area contributed by atoms with Crippen LogP contribution in [0.2, 0.25) is 0 Å². The lowest BCUT2D eigenvalue weighted by Gasteiger charge is -2.32. The van der Waals surface area contributed by atoms with Gasteiger partial charge in [-0.2, -0.15) is 0 Å². The molecule has 0 bridgehead atoms. The molecular weight excluding hydrogens is 286 g/mol. The van der Waals surface area contributed by atoms with Crippen molar-refractivity contribution in [1.82, 2.24) is 4.98 Å². The number of rotatable bonds is 4. The number of piperidine rings is 1. The van der Waals surface area contributed by atoms with E-state index in [-0.39, 0.29) is 5.92 Å². The van der Waals surface area contributed by atoms with Crippen molar-refractivity contribution in [3.63, 3.8) is 0 Å². The molecule has 3 rings (SSSR count). The highest BCUT2D eigenvalue weighted by molar-refractivity contribution is 7.13. The van der Waals surface area contributed by atoms with Crippen molar-refractivity contribution < 1.29 is 9.90 Å². The molecule has 5 nitrogen and oxygen atoms in total. The minimum atomic E-state index is -0.669. The average Bonchev–Trinajstić information content (AvgIpc) is 3.01. The maximum atomic E-state index is 11.0. The summed E-state index contributed by atoms with van der Waals surface area (Å²) < 4.78 is 0. The number of hydrogen-bond acceptors (Lipinski definition) is 5. The maximum Gasteiger partial charge on any atom is 0.306 e. The number of carboxylic acids is 1. The molecule has 6 heteroatoms. The molecule has 1 aliphatic rings. The summed E-state index contributed by atoms with van der Waals surface area (Å²) >= 11 is 1.56. The summed E-state index contributed by atoms with van der Waals surface area (Å²) in [6.07, 6.45) is 3.21. The predicted molar refractivity (Wildman–Crippen MR) is 84.4 cm³/mol. The van der Waals surface area contributed by atoms with Crippen molar-refractivity contribution in [2.45, 2.75) is 12.8 Å². The Hall–Kier alpha value is -2.08. The van der Waals surface area contributed by atoms with Crippen LogP contribution >= 0.6 is 11.3 Å². The second-order valence-corrected chi connectivity index (χ2v) is 6.00. The molecule has 2 aromatic rings. The minimum Gasteiger partial charge on any atom is -0.481 e. The summed E-state index contributed by atoms with van der Waals surface area (Å²) in [6, 6.07) is 8.19. The molecule has 0 amide bonds. The topological polar surface area (TPSA) is 65.5 Å². The fraction of sp³-hybridized carbons (Fsp3) is 0.333. The smallest absolute Gasteiger partial charge is 0.306 e. The van der Waals surface area contributed by atoms with Gasteiger partial charge in [0.25, 0.3) is 0 Å². The number of nitrogens with zero attached hydrogens (tertiary/aromatic N) is 2. The highest BCUT2D eigenvalue weighted by atomic mass is 32.1. The lowest BCUT2D eigenvalue weighted by Crippen LogP contribution is -2.36. The van der Waals surface area contributed by atoms with Crippen LogP contribution in [0.25, 0.3) is 0 Å². The predicted octanol–water partition coefficient (Wildman–Crippen LogP) is 3.19. The van der Waals surface area contributed by atoms with Crippen LogP contribution in [0.3, 0.4) is 0 Å². The van der Waals surface area contributed by atoms with Gasteiger partial charge in [0.1, 0.15) is 0 Å². The SMILES string of the molecule is O=C(O)C1CCN(c2ccc(Nc3nccs3)cc2)CC1. The van der Waals surface area contributed by atoms with E-state index in [2.05, 4.69) is 27.3 Å². The van der Waals surface area contributed by atoms with Gasteiger partial charge in [0, 0.05) is 36.0 Å². The molecule has 1 aliphatic heterocycles. The molecule has 110 valence electrons. The number of carboxylic acid groups (broad SMARTS) is 1. The Labute approximate surface area is 127 Å². The largest absolute Gasteiger partial charge is 0.481 e. The van der Waals surface area contributed by atoms with E-state index < -0.39 is 5.97 Å². The summed E-state index contributed by atoms with van der Waals surface area (Å²) in [5.74, 6) is -0.857. The molecular formula is C15H17N3O2S. The van der Waals surface area contributed by atoms with E-state index in [0.29, 0.717) is 12.8 Å². The molecule has 0 saturated carbocycles. The van der Waals surface area contributed by atoms with E-state index in [1.54, 1.807) is 17.5 Å². The van der Waals surface area contributed by atoms with Crippen LogP contribution in [-0.4, -0.2) is 29.1 Å². The molecule has 0 spiro atoms. The van der Waals surface area contributed by atoms with E-state index in [4.69, 9.17) is 5.11 Å². The number of aromatic nitrogens is 1. The fourth-order valence-electron chi connectivity index (χ4n) is 2.55. The number of nitrogens with one attached hydrogen (secondary N) is 1. The number of anilines is 3. The first-order chi connectivity index (χ1) is 10.2. The summed E-state index contributed by atoms with van der Waals surface area (Å²) in [5.41, 5.74) is 2.15. The van der Waals surface area contributed by atoms with E-state index in [0.717, 1.165) is 29.6 Å². The maximum absolute atomic E-state index is 11.0. The first kappa shape index (κ1) is 13.9. The highest BCUT2D eigenvalue weighted by Crippen LogP contribution is 2.26. The highest BCUT2D eigenvalue weighted by Gasteiger charge is 2.24. The Bertz CT molecular complexity index is 590. The van der Waals surface area contributed by atoms with Gasteiger partial charge in [0.05, 0.1) is 5.92 Å². The van der Waals surface area contributed by atoms with Gasteiger partial charge >= 0.3 is 5.97 Å². The van der Waals surface area contributed by atoms with E-state index >= 15 is 0 Å². The summed E-state index contributed by atoms with van der Waals surface area (Å²) in [4.78, 5) is 17.4. The molecule has 1 fully saturated rings. The third-order valence-corrected chi connectivity index (χ3v) is 4.45. The molecule has 2 heterocycles. The third-order valence-electron chi connectivity index (χ3n) is 3.76. The summed E-state index contributed by atoms with van der Waals surface area (Å²) in [7, 11) is 0. The van der Waals surface area contributed by atoms with Crippen LogP contribution < -0.4 is 10.2 Å². The molecule has 1 aromatic carbocycles. The monoisotopic (exact) mass is 303 g/mol. The van der Waals surface area contributed by atoms with Crippen LogP contribution in [-0.2, 0) is 4.79 Å². The number of hydrogen-bond donors (Lipinski definition) is 2. The van der Waals surface area contributed by atoms with Gasteiger partial charge in [-0.3, -0.25) is 4.79 Å². The molecule has 1 saturated heterocycles. The molecule has 2 N–H and O–H groups in total. The zero-order chi connectivity index (χ0) is 14.7. The molecule has 0 radical (unpaired) electrons. The number of thiazole rings is 1. The summed E-state index contributed by atoms with van der Waals surface area (Å²) in [5, 5.41) is 15.1. The van der Waals surface area contributed by atoms with Crippen molar-refractivity contribution >= 4 is 33.8 Å². The number of aliphatic carboxylic acids is 1. The molecule has 1 aromatic heterocycles. The third kappa shape index (κ3) is 3.33. The van der Waals surface area contributed by atoms with Crippen molar-refractivity contribution in [2.75, 3.05) is 23.3 Å². The second-order valence-electron chi connectivity index (χ2n) is 5.11. The molecule has 0 unspecified atom stereocenters. The molecule has 0 aliphatic carbocycles. The Morgan fingerprint density at radius 3 is 2.57 bits per heavy atom. The van der Waals surface area contributed by atoms with Crippen molar-refractivity contribution in [3.05, 3.63) is 35.8 Å². The Morgan fingerprint density at radius 2 is 2.00 bits per heavy atom. The summed E-state index contributed by atoms with van der Waals surface area (Å²) in [6.45, 7) is 1.60. The molecule has 0 atom stereocenters. The van der Waals surface area contributed by atoms with E-state index in [9.17, 15) is 4.79 Å². The van der Waals surface area contributed by atoms with Gasteiger partial charge in [-0.25, -0.2) is 4.98 Å². The van der Waals surface area contributed by atoms with Crippen LogP contribution in [0, 0.1) is 5.92 Å². The first-order valence-corrected chi connectivity index (χ1v) is 7.84. The van der Waals surface area contributed by atoms with Crippen molar-refractivity contribution in [2.24, 2.45) is 5.92 Å². The van der Waals surface area contributed by atoms with Gasteiger partial charge in [-0.05, 0) is 37.1 Å². The Kier molecular flexibility index (Phi) is 4.06. The zero-order valence-electron chi connectivity index (χ0n) is 11.5. The Morgan fingerprint density at radius 1 is 1.29 bits per heavy atom. The normalized spacial score (nSPS) is 15.9. The second kappa shape index (κ2) is 6.13. The lowest BCUT2D eigenvalue weighted by atomic mass is 9.97. The standard InChI is InChI=1S/C15H17N3O2S/c19-14(20)11-5-8-18(9-6-11)13-3-1-12(2-4-13)17-15-16-7-10-21-15/h1-4,7,10-11H,5-6,8-9H2,(H,16,17)(H,19,20). The zero-order valence-corrected chi connectivity index (χ0v) is 12.3. The van der Waals surface area contributed by atoms with Crippen molar-refractivity contribution in [3.8, 4) is 0 Å². The van der Waals surface area contributed by atoms with E-state index in [1.807, 2.05) is 17.5 Å². The molecule has 21 heavy (non-hydrogen) atoms. The number of carbonyl (C=O) groups is 1. The fourth-order valence-corrected chi connectivity index (χ4v) is 3.10. The van der Waals surface area contributed by atoms with Gasteiger partial charge in [-0.15, -0.1) is 11.3 Å². The Balaban J connectivity index is 1.61. The van der Waals surface area contributed by atoms with Gasteiger partial charge in [0.2, 0.25) is 0 Å². The van der Waals surface area contributed by atoms with Gasteiger partial charge in [-0.1, -0.05) is 0 Å². The van der Waals surface area contributed by atoms with Gasteiger partial charge in [0.15, 0.2) is 5.13 Å². The van der Waals surface area contributed by atoms with Crippen LogP contribution in [0.5, 0.6) is 0 Å². The van der Waals surface area contributed by atoms with E-state index in [1.165, 1.54) is 0 Å². The number of benzene rings is 1.